The van der Waals surface area contributed by atoms with Crippen molar-refractivity contribution in [3.8, 4) is 0 Å². The van der Waals surface area contributed by atoms with Gasteiger partial charge in [0, 0.05) is 19.6 Å². The summed E-state index contributed by atoms with van der Waals surface area (Å²) in [5, 5.41) is 6.25. The number of halogens is 1. The van der Waals surface area contributed by atoms with Gasteiger partial charge in [-0.05, 0) is 43.2 Å². The molecule has 0 saturated carbocycles. The zero-order valence-electron chi connectivity index (χ0n) is 15.3. The molecule has 8 heteroatoms. The smallest absolute Gasteiger partial charge is 0.240 e. The van der Waals surface area contributed by atoms with E-state index in [1.54, 1.807) is 36.4 Å². The lowest BCUT2D eigenvalue weighted by atomic mass is 10.1. The highest BCUT2D eigenvalue weighted by Gasteiger charge is 2.11. The van der Waals surface area contributed by atoms with Crippen LogP contribution in [0.2, 0.25) is 0 Å². The van der Waals surface area contributed by atoms with Gasteiger partial charge in [-0.25, -0.2) is 17.5 Å². The van der Waals surface area contributed by atoms with E-state index in [1.165, 1.54) is 12.1 Å². The van der Waals surface area contributed by atoms with Crippen LogP contribution in [0.4, 0.5) is 4.39 Å². The van der Waals surface area contributed by atoms with Crippen LogP contribution >= 0.6 is 0 Å². The van der Waals surface area contributed by atoms with E-state index in [0.717, 1.165) is 5.56 Å². The molecule has 0 unspecified atom stereocenters. The normalized spacial score (nSPS) is 12.0. The predicted octanol–water partition coefficient (Wildman–Crippen LogP) is 1.90. The largest absolute Gasteiger partial charge is 0.357 e. The van der Waals surface area contributed by atoms with E-state index in [0.29, 0.717) is 32.0 Å². The van der Waals surface area contributed by atoms with E-state index < -0.39 is 10.0 Å². The molecule has 2 aromatic rings. The van der Waals surface area contributed by atoms with E-state index in [1.807, 2.05) is 13.0 Å². The number of nitrogens with one attached hydrogen (secondary N) is 3. The molecule has 3 N–H and O–H groups in total. The zero-order chi connectivity index (χ0) is 19.5. The van der Waals surface area contributed by atoms with Gasteiger partial charge in [-0.15, -0.1) is 0 Å². The molecule has 27 heavy (non-hydrogen) atoms. The summed E-state index contributed by atoms with van der Waals surface area (Å²) in [6.07, 6.45) is 0.656. The van der Waals surface area contributed by atoms with Gasteiger partial charge in [0.25, 0.3) is 0 Å². The third kappa shape index (κ3) is 7.36. The van der Waals surface area contributed by atoms with Gasteiger partial charge < -0.3 is 10.6 Å². The third-order valence-corrected chi connectivity index (χ3v) is 5.14. The van der Waals surface area contributed by atoms with Crippen LogP contribution in [0.25, 0.3) is 0 Å². The van der Waals surface area contributed by atoms with Crippen LogP contribution in [0.15, 0.2) is 64.5 Å². The van der Waals surface area contributed by atoms with E-state index >= 15 is 0 Å². The van der Waals surface area contributed by atoms with Gasteiger partial charge in [0.1, 0.15) is 5.82 Å². The molecule has 0 aliphatic rings. The highest BCUT2D eigenvalue weighted by atomic mass is 32.2. The number of rotatable bonds is 9. The summed E-state index contributed by atoms with van der Waals surface area (Å²) in [5.41, 5.74) is 0.897. The lowest BCUT2D eigenvalue weighted by Crippen LogP contribution is -2.39. The number of hydrogen-bond donors (Lipinski definition) is 3. The quantitative estimate of drug-likeness (QED) is 0.346. The van der Waals surface area contributed by atoms with E-state index in [2.05, 4.69) is 20.3 Å². The van der Waals surface area contributed by atoms with Crippen molar-refractivity contribution in [2.45, 2.75) is 18.2 Å². The number of hydrogen-bond acceptors (Lipinski definition) is 3. The van der Waals surface area contributed by atoms with Gasteiger partial charge in [0.2, 0.25) is 10.0 Å². The fraction of sp³-hybridized carbons (Fsp3) is 0.316. The Morgan fingerprint density at radius 3 is 2.52 bits per heavy atom. The minimum Gasteiger partial charge on any atom is -0.357 e. The summed E-state index contributed by atoms with van der Waals surface area (Å²) in [7, 11) is -3.52. The first-order valence-corrected chi connectivity index (χ1v) is 10.3. The van der Waals surface area contributed by atoms with Crippen LogP contribution in [0.1, 0.15) is 12.5 Å². The van der Waals surface area contributed by atoms with Gasteiger partial charge >= 0.3 is 0 Å². The van der Waals surface area contributed by atoms with Crippen molar-refractivity contribution in [1.82, 2.24) is 15.4 Å². The first kappa shape index (κ1) is 20.9. The molecule has 6 nitrogen and oxygen atoms in total. The second kappa shape index (κ2) is 10.6. The topological polar surface area (TPSA) is 82.6 Å². The van der Waals surface area contributed by atoms with Crippen LogP contribution in [0.3, 0.4) is 0 Å². The first-order valence-electron chi connectivity index (χ1n) is 8.82. The Labute approximate surface area is 160 Å². The van der Waals surface area contributed by atoms with Gasteiger partial charge in [0.05, 0.1) is 11.4 Å². The molecule has 2 aromatic carbocycles. The molecule has 0 aromatic heterocycles. The van der Waals surface area contributed by atoms with Crippen LogP contribution in [-0.2, 0) is 16.4 Å². The lowest BCUT2D eigenvalue weighted by molar-refractivity contribution is 0.582. The summed E-state index contributed by atoms with van der Waals surface area (Å²) in [6, 6.07) is 14.7. The zero-order valence-corrected chi connectivity index (χ0v) is 16.1. The summed E-state index contributed by atoms with van der Waals surface area (Å²) >= 11 is 0. The monoisotopic (exact) mass is 392 g/mol. The Bertz CT molecular complexity index is 842. The van der Waals surface area contributed by atoms with Gasteiger partial charge in [0.15, 0.2) is 5.96 Å². The molecule has 0 saturated heterocycles. The Morgan fingerprint density at radius 2 is 1.81 bits per heavy atom. The standard InChI is InChI=1S/C19H25FN4O2S/c1-2-21-19(22-12-11-16-7-6-8-17(20)15-16)23-13-14-24-27(25,26)18-9-4-3-5-10-18/h3-10,15,24H,2,11-14H2,1H3,(H2,21,22,23). The van der Waals surface area contributed by atoms with Gasteiger partial charge in [-0.2, -0.15) is 0 Å². The average Bonchev–Trinajstić information content (AvgIpc) is 2.66. The maximum absolute atomic E-state index is 13.2. The lowest BCUT2D eigenvalue weighted by Gasteiger charge is -2.11. The fourth-order valence-electron chi connectivity index (χ4n) is 2.39. The van der Waals surface area contributed by atoms with E-state index in [4.69, 9.17) is 0 Å². The molecule has 0 bridgehead atoms. The molecule has 0 aliphatic carbocycles. The van der Waals surface area contributed by atoms with E-state index in [9.17, 15) is 12.8 Å². The molecule has 0 spiro atoms. The van der Waals surface area contributed by atoms with Crippen molar-refractivity contribution < 1.29 is 12.8 Å². The third-order valence-electron chi connectivity index (χ3n) is 3.67. The summed E-state index contributed by atoms with van der Waals surface area (Å²) in [5.74, 6) is 0.339. The van der Waals surface area contributed by atoms with Crippen molar-refractivity contribution in [3.05, 3.63) is 66.0 Å². The summed E-state index contributed by atoms with van der Waals surface area (Å²) in [6.45, 7) is 3.70. The molecule has 0 radical (unpaired) electrons. The van der Waals surface area contributed by atoms with Crippen molar-refractivity contribution in [2.75, 3.05) is 26.2 Å². The van der Waals surface area contributed by atoms with Crippen molar-refractivity contribution in [2.24, 2.45) is 4.99 Å². The predicted molar refractivity (Wildman–Crippen MR) is 106 cm³/mol. The number of guanidine groups is 1. The number of aliphatic imine (C=N–C) groups is 1. The maximum atomic E-state index is 13.2. The number of sulfonamides is 1. The van der Waals surface area contributed by atoms with Gasteiger partial charge in [-0.3, -0.25) is 4.99 Å². The molecule has 146 valence electrons. The number of benzene rings is 2. The maximum Gasteiger partial charge on any atom is 0.240 e. The first-order chi connectivity index (χ1) is 13.0. The molecule has 2 rings (SSSR count). The molecule has 0 heterocycles. The Balaban J connectivity index is 1.80. The Morgan fingerprint density at radius 1 is 1.04 bits per heavy atom. The van der Waals surface area contributed by atoms with Crippen LogP contribution in [-0.4, -0.2) is 40.6 Å². The molecular weight excluding hydrogens is 367 g/mol. The second-order valence-electron chi connectivity index (χ2n) is 5.78. The second-order valence-corrected chi connectivity index (χ2v) is 7.55. The van der Waals surface area contributed by atoms with Crippen LogP contribution in [0.5, 0.6) is 0 Å². The van der Waals surface area contributed by atoms with Crippen LogP contribution < -0.4 is 15.4 Å². The minimum atomic E-state index is -3.52. The Hall–Kier alpha value is -2.45. The molecule has 0 fully saturated rings. The SMILES string of the molecule is CCNC(=NCCNS(=O)(=O)c1ccccc1)NCCc1cccc(F)c1. The molecule has 0 aliphatic heterocycles. The minimum absolute atomic E-state index is 0.192. The van der Waals surface area contributed by atoms with Crippen molar-refractivity contribution in [1.29, 1.82) is 0 Å². The summed E-state index contributed by atoms with van der Waals surface area (Å²) < 4.78 is 40.0. The molecule has 0 atom stereocenters. The fourth-order valence-corrected chi connectivity index (χ4v) is 3.43. The highest BCUT2D eigenvalue weighted by Crippen LogP contribution is 2.06. The van der Waals surface area contributed by atoms with Crippen molar-refractivity contribution >= 4 is 16.0 Å². The molecular formula is C19H25FN4O2S. The van der Waals surface area contributed by atoms with E-state index in [-0.39, 0.29) is 17.3 Å². The van der Waals surface area contributed by atoms with Crippen LogP contribution in [0, 0.1) is 5.82 Å². The molecule has 0 amide bonds. The van der Waals surface area contributed by atoms with Crippen molar-refractivity contribution in [3.63, 3.8) is 0 Å². The highest BCUT2D eigenvalue weighted by molar-refractivity contribution is 7.89. The van der Waals surface area contributed by atoms with Gasteiger partial charge in [-0.1, -0.05) is 30.3 Å². The number of nitrogens with zero attached hydrogens (tertiary/aromatic N) is 1. The summed E-state index contributed by atoms with van der Waals surface area (Å²) in [4.78, 5) is 4.58. The Kier molecular flexibility index (Phi) is 8.22. The average molecular weight is 393 g/mol.